The first-order chi connectivity index (χ1) is 9.72. The van der Waals surface area contributed by atoms with Crippen molar-refractivity contribution in [2.24, 2.45) is 0 Å². The molecule has 2 unspecified atom stereocenters. The smallest absolute Gasteiger partial charge is 0.273 e. The quantitative estimate of drug-likeness (QED) is 0.893. The van der Waals surface area contributed by atoms with Crippen molar-refractivity contribution in [1.29, 1.82) is 0 Å². The van der Waals surface area contributed by atoms with Gasteiger partial charge in [-0.2, -0.15) is 0 Å². The van der Waals surface area contributed by atoms with Gasteiger partial charge in [0.25, 0.3) is 5.91 Å². The number of nitrogens with one attached hydrogen (secondary N) is 2. The molecule has 6 heteroatoms. The molecule has 20 heavy (non-hydrogen) atoms. The molecule has 2 N–H and O–H groups in total. The number of hydrogen-bond acceptors (Lipinski definition) is 5. The van der Waals surface area contributed by atoms with E-state index in [2.05, 4.69) is 22.7 Å². The third-order valence-electron chi connectivity index (χ3n) is 3.47. The summed E-state index contributed by atoms with van der Waals surface area (Å²) >= 11 is 0. The summed E-state index contributed by atoms with van der Waals surface area (Å²) in [5, 5.41) is 10.1. The molecule has 0 saturated carbocycles. The van der Waals surface area contributed by atoms with E-state index in [0.29, 0.717) is 17.6 Å². The normalized spacial score (nSPS) is 22.6. The van der Waals surface area contributed by atoms with Crippen LogP contribution in [0.2, 0.25) is 0 Å². The lowest BCUT2D eigenvalue weighted by Gasteiger charge is -2.28. The van der Waals surface area contributed by atoms with Gasteiger partial charge in [0, 0.05) is 18.2 Å². The monoisotopic (exact) mass is 275 g/mol. The van der Waals surface area contributed by atoms with Crippen LogP contribution in [-0.2, 0) is 0 Å². The van der Waals surface area contributed by atoms with Crippen molar-refractivity contribution in [2.75, 3.05) is 6.54 Å². The van der Waals surface area contributed by atoms with Gasteiger partial charge in [-0.25, -0.2) is 0 Å². The van der Waals surface area contributed by atoms with Gasteiger partial charge in [-0.1, -0.05) is 5.16 Å². The summed E-state index contributed by atoms with van der Waals surface area (Å²) < 4.78 is 10.3. The van der Waals surface area contributed by atoms with E-state index in [1.54, 1.807) is 24.5 Å². The molecule has 0 aliphatic carbocycles. The molecule has 0 radical (unpaired) electrons. The lowest BCUT2D eigenvalue weighted by atomic mass is 10.0. The van der Waals surface area contributed by atoms with Crippen LogP contribution in [0.4, 0.5) is 0 Å². The second kappa shape index (κ2) is 5.50. The Morgan fingerprint density at radius 1 is 1.50 bits per heavy atom. The summed E-state index contributed by atoms with van der Waals surface area (Å²) in [6.07, 6.45) is 3.40. The van der Waals surface area contributed by atoms with E-state index in [4.69, 9.17) is 8.94 Å². The molecule has 0 aromatic carbocycles. The maximum Gasteiger partial charge on any atom is 0.273 e. The number of furan rings is 1. The predicted octanol–water partition coefficient (Wildman–Crippen LogP) is 1.80. The molecule has 3 heterocycles. The SMILES string of the molecule is CC1CC(NC(=O)c2cc(-c3ccco3)on2)CCN1. The summed E-state index contributed by atoms with van der Waals surface area (Å²) in [5.74, 6) is 0.816. The number of carbonyl (C=O) groups excluding carboxylic acids is 1. The maximum atomic E-state index is 12.1. The zero-order chi connectivity index (χ0) is 13.9. The average molecular weight is 275 g/mol. The van der Waals surface area contributed by atoms with Crippen molar-refractivity contribution in [2.45, 2.75) is 31.8 Å². The molecule has 2 aromatic rings. The van der Waals surface area contributed by atoms with Crippen LogP contribution in [0.25, 0.3) is 11.5 Å². The van der Waals surface area contributed by atoms with Crippen LogP contribution in [-0.4, -0.2) is 29.7 Å². The molecular formula is C14H17N3O3. The van der Waals surface area contributed by atoms with E-state index in [1.165, 1.54) is 0 Å². The minimum atomic E-state index is -0.203. The molecule has 106 valence electrons. The zero-order valence-electron chi connectivity index (χ0n) is 11.3. The number of hydrogen-bond donors (Lipinski definition) is 2. The first-order valence-corrected chi connectivity index (χ1v) is 6.77. The molecule has 0 bridgehead atoms. The van der Waals surface area contributed by atoms with E-state index in [-0.39, 0.29) is 17.6 Å². The standard InChI is InChI=1S/C14H17N3O3/c1-9-7-10(4-5-15-9)16-14(18)11-8-13(20-17-11)12-3-2-6-19-12/h2-3,6,8-10,15H,4-5,7H2,1H3,(H,16,18). The van der Waals surface area contributed by atoms with E-state index in [9.17, 15) is 4.79 Å². The molecule has 1 aliphatic rings. The summed E-state index contributed by atoms with van der Waals surface area (Å²) in [4.78, 5) is 12.1. The highest BCUT2D eigenvalue weighted by atomic mass is 16.5. The average Bonchev–Trinajstić information content (AvgIpc) is 3.10. The Hall–Kier alpha value is -2.08. The number of piperidine rings is 1. The lowest BCUT2D eigenvalue weighted by Crippen LogP contribution is -2.46. The fourth-order valence-electron chi connectivity index (χ4n) is 2.44. The first-order valence-electron chi connectivity index (χ1n) is 6.77. The molecule has 1 aliphatic heterocycles. The third kappa shape index (κ3) is 2.75. The Morgan fingerprint density at radius 3 is 3.15 bits per heavy atom. The van der Waals surface area contributed by atoms with Gasteiger partial charge in [0.15, 0.2) is 11.5 Å². The van der Waals surface area contributed by atoms with Crippen molar-refractivity contribution < 1.29 is 13.7 Å². The van der Waals surface area contributed by atoms with Crippen molar-refractivity contribution in [3.8, 4) is 11.5 Å². The van der Waals surface area contributed by atoms with Gasteiger partial charge in [0.1, 0.15) is 0 Å². The Bertz CT molecular complexity index is 576. The Labute approximate surface area is 116 Å². The largest absolute Gasteiger partial charge is 0.461 e. The fraction of sp³-hybridized carbons (Fsp3) is 0.429. The zero-order valence-corrected chi connectivity index (χ0v) is 11.3. The number of aromatic nitrogens is 1. The maximum absolute atomic E-state index is 12.1. The third-order valence-corrected chi connectivity index (χ3v) is 3.47. The predicted molar refractivity (Wildman–Crippen MR) is 72.2 cm³/mol. The Kier molecular flexibility index (Phi) is 3.56. The second-order valence-corrected chi connectivity index (χ2v) is 5.10. The topological polar surface area (TPSA) is 80.3 Å². The Morgan fingerprint density at radius 2 is 2.40 bits per heavy atom. The van der Waals surface area contributed by atoms with Gasteiger partial charge < -0.3 is 19.6 Å². The molecular weight excluding hydrogens is 258 g/mol. The molecule has 0 spiro atoms. The van der Waals surface area contributed by atoms with Crippen molar-refractivity contribution in [3.05, 3.63) is 30.2 Å². The van der Waals surface area contributed by atoms with E-state index >= 15 is 0 Å². The van der Waals surface area contributed by atoms with Crippen LogP contribution in [0, 0.1) is 0 Å². The molecule has 2 atom stereocenters. The van der Waals surface area contributed by atoms with E-state index in [1.807, 2.05) is 0 Å². The van der Waals surface area contributed by atoms with Crippen molar-refractivity contribution in [3.63, 3.8) is 0 Å². The summed E-state index contributed by atoms with van der Waals surface area (Å²) in [5.41, 5.74) is 0.280. The molecule has 1 amide bonds. The highest BCUT2D eigenvalue weighted by Crippen LogP contribution is 2.20. The van der Waals surface area contributed by atoms with Gasteiger partial charge in [-0.3, -0.25) is 4.79 Å². The van der Waals surface area contributed by atoms with Crippen molar-refractivity contribution >= 4 is 5.91 Å². The first kappa shape index (κ1) is 12.9. The van der Waals surface area contributed by atoms with Gasteiger partial charge >= 0.3 is 0 Å². The fourth-order valence-corrected chi connectivity index (χ4v) is 2.44. The van der Waals surface area contributed by atoms with Gasteiger partial charge in [-0.05, 0) is 38.4 Å². The molecule has 2 aromatic heterocycles. The van der Waals surface area contributed by atoms with Crippen LogP contribution >= 0.6 is 0 Å². The Balaban J connectivity index is 1.65. The summed E-state index contributed by atoms with van der Waals surface area (Å²) in [7, 11) is 0. The van der Waals surface area contributed by atoms with Crippen LogP contribution in [0.1, 0.15) is 30.3 Å². The number of nitrogens with zero attached hydrogens (tertiary/aromatic N) is 1. The van der Waals surface area contributed by atoms with E-state index in [0.717, 1.165) is 19.4 Å². The van der Waals surface area contributed by atoms with Crippen LogP contribution in [0.3, 0.4) is 0 Å². The summed E-state index contributed by atoms with van der Waals surface area (Å²) in [6, 6.07) is 5.72. The van der Waals surface area contributed by atoms with Crippen LogP contribution < -0.4 is 10.6 Å². The van der Waals surface area contributed by atoms with Crippen LogP contribution in [0.5, 0.6) is 0 Å². The lowest BCUT2D eigenvalue weighted by molar-refractivity contribution is 0.0916. The molecule has 1 fully saturated rings. The van der Waals surface area contributed by atoms with Crippen molar-refractivity contribution in [1.82, 2.24) is 15.8 Å². The highest BCUT2D eigenvalue weighted by molar-refractivity contribution is 5.93. The number of amides is 1. The minimum absolute atomic E-state index is 0.183. The molecule has 1 saturated heterocycles. The minimum Gasteiger partial charge on any atom is -0.461 e. The van der Waals surface area contributed by atoms with Gasteiger partial charge in [0.2, 0.25) is 5.76 Å². The molecule has 6 nitrogen and oxygen atoms in total. The van der Waals surface area contributed by atoms with Gasteiger partial charge in [-0.15, -0.1) is 0 Å². The number of carbonyl (C=O) groups is 1. The number of rotatable bonds is 3. The molecule has 3 rings (SSSR count). The van der Waals surface area contributed by atoms with Gasteiger partial charge in [0.05, 0.1) is 6.26 Å². The van der Waals surface area contributed by atoms with Crippen LogP contribution in [0.15, 0.2) is 33.4 Å². The summed E-state index contributed by atoms with van der Waals surface area (Å²) in [6.45, 7) is 3.03. The van der Waals surface area contributed by atoms with E-state index < -0.39 is 0 Å². The second-order valence-electron chi connectivity index (χ2n) is 5.10. The highest BCUT2D eigenvalue weighted by Gasteiger charge is 2.22.